The summed E-state index contributed by atoms with van der Waals surface area (Å²) in [6.07, 6.45) is 3.84. The van der Waals surface area contributed by atoms with E-state index in [-0.39, 0.29) is 18.0 Å². The van der Waals surface area contributed by atoms with Gasteiger partial charge in [-0.15, -0.1) is 0 Å². The van der Waals surface area contributed by atoms with Gasteiger partial charge in [0.1, 0.15) is 6.10 Å². The molecule has 5 heteroatoms. The number of carbonyl (C=O) groups excluding carboxylic acids is 2. The highest BCUT2D eigenvalue weighted by Crippen LogP contribution is 2.44. The number of esters is 2. The van der Waals surface area contributed by atoms with Crippen molar-refractivity contribution in [3.63, 3.8) is 0 Å². The van der Waals surface area contributed by atoms with Crippen molar-refractivity contribution in [1.29, 1.82) is 0 Å². The quantitative estimate of drug-likeness (QED) is 0.312. The average molecular weight is 308 g/mol. The number of hydrogen-bond donors (Lipinski definition) is 0. The molecule has 3 aliphatic rings. The fourth-order valence-electron chi connectivity index (χ4n) is 1.78. The van der Waals surface area contributed by atoms with Crippen LogP contribution in [0.5, 0.6) is 0 Å². The zero-order valence-electron chi connectivity index (χ0n) is 7.53. The van der Waals surface area contributed by atoms with Crippen LogP contribution < -0.4 is 0 Å². The van der Waals surface area contributed by atoms with Gasteiger partial charge in [-0.05, 0) is 6.08 Å². The third kappa shape index (κ3) is 1.25. The summed E-state index contributed by atoms with van der Waals surface area (Å²) in [7, 11) is 1.33. The Hall–Kier alpha value is -0.590. The van der Waals surface area contributed by atoms with E-state index in [2.05, 4.69) is 4.74 Å². The molecule has 0 amide bonds. The number of hydrogen-bond acceptors (Lipinski definition) is 4. The Morgan fingerprint density at radius 3 is 3.07 bits per heavy atom. The molecule has 2 aliphatic heterocycles. The van der Waals surface area contributed by atoms with Gasteiger partial charge in [0.25, 0.3) is 0 Å². The molecule has 0 aromatic heterocycles. The molecule has 0 aromatic carbocycles. The van der Waals surface area contributed by atoms with Crippen molar-refractivity contribution >= 4 is 34.5 Å². The van der Waals surface area contributed by atoms with Gasteiger partial charge in [-0.25, -0.2) is 0 Å². The summed E-state index contributed by atoms with van der Waals surface area (Å²) < 4.78 is 8.88. The summed E-state index contributed by atoms with van der Waals surface area (Å²) in [5, 5.41) is 0. The first-order valence-corrected chi connectivity index (χ1v) is 5.33. The first-order chi connectivity index (χ1) is 6.58. The fraction of sp³-hybridized carbons (Fsp3) is 0.556. The zero-order valence-corrected chi connectivity index (χ0v) is 9.68. The lowest BCUT2D eigenvalue weighted by molar-refractivity contribution is -0.166. The molecule has 1 saturated heterocycles. The van der Waals surface area contributed by atoms with Gasteiger partial charge in [0, 0.05) is 6.42 Å². The third-order valence-electron chi connectivity index (χ3n) is 2.59. The van der Waals surface area contributed by atoms with Crippen LogP contribution in [-0.2, 0) is 19.1 Å². The van der Waals surface area contributed by atoms with E-state index in [9.17, 15) is 9.59 Å². The number of methoxy groups -OCH3 is 1. The summed E-state index contributed by atoms with van der Waals surface area (Å²) in [5.74, 6) is -1.10. The fourth-order valence-corrected chi connectivity index (χ4v) is 2.62. The van der Waals surface area contributed by atoms with Gasteiger partial charge in [0.05, 0.1) is 13.0 Å². The maximum atomic E-state index is 11.5. The van der Waals surface area contributed by atoms with E-state index in [1.807, 2.05) is 28.7 Å². The zero-order chi connectivity index (χ0) is 10.3. The molecule has 0 unspecified atom stereocenters. The summed E-state index contributed by atoms with van der Waals surface area (Å²) >= 11 is 1.96. The number of rotatable bonds is 1. The SMILES string of the molecule is COC(=O)[C@H]1C[C@H]2C=C[C@]1(I)C(=O)O2. The molecule has 0 N–H and O–H groups in total. The van der Waals surface area contributed by atoms with E-state index in [1.54, 1.807) is 6.08 Å². The monoisotopic (exact) mass is 308 g/mol. The number of ether oxygens (including phenoxy) is 2. The van der Waals surface area contributed by atoms with Crippen LogP contribution in [0.4, 0.5) is 0 Å². The lowest BCUT2D eigenvalue weighted by atomic mass is 9.80. The molecule has 3 atom stereocenters. The molecule has 4 nitrogen and oxygen atoms in total. The highest BCUT2D eigenvalue weighted by atomic mass is 127. The molecule has 0 saturated carbocycles. The Kier molecular flexibility index (Phi) is 2.29. The molecule has 76 valence electrons. The standard InChI is InChI=1S/C9H9IO4/c1-13-7(11)6-4-5-2-3-9(6,10)8(12)14-5/h2-3,5-6H,4H2,1H3/t5-,6-,9-/m1/s1. The number of carbonyl (C=O) groups is 2. The van der Waals surface area contributed by atoms with E-state index < -0.39 is 9.34 Å². The van der Waals surface area contributed by atoms with Gasteiger partial charge >= 0.3 is 11.9 Å². The first kappa shape index (κ1) is 9.95. The molecule has 0 spiro atoms. The molecule has 1 aliphatic carbocycles. The summed E-state index contributed by atoms with van der Waals surface area (Å²) in [4.78, 5) is 23.0. The summed E-state index contributed by atoms with van der Waals surface area (Å²) in [6, 6.07) is 0. The van der Waals surface area contributed by atoms with Crippen molar-refractivity contribution in [2.24, 2.45) is 5.92 Å². The lowest BCUT2D eigenvalue weighted by Gasteiger charge is -2.40. The maximum Gasteiger partial charge on any atom is 0.327 e. The van der Waals surface area contributed by atoms with Crippen LogP contribution >= 0.6 is 22.6 Å². The average Bonchev–Trinajstić information content (AvgIpc) is 2.18. The van der Waals surface area contributed by atoms with Gasteiger partial charge in [-0.1, -0.05) is 28.7 Å². The number of halogens is 1. The van der Waals surface area contributed by atoms with Crippen molar-refractivity contribution in [1.82, 2.24) is 0 Å². The highest BCUT2D eigenvalue weighted by Gasteiger charge is 2.55. The Morgan fingerprint density at radius 2 is 2.50 bits per heavy atom. The topological polar surface area (TPSA) is 52.6 Å². The van der Waals surface area contributed by atoms with Crippen molar-refractivity contribution in [2.45, 2.75) is 15.9 Å². The van der Waals surface area contributed by atoms with E-state index >= 15 is 0 Å². The molecule has 2 heterocycles. The second-order valence-corrected chi connectivity index (χ2v) is 5.17. The smallest absolute Gasteiger partial charge is 0.327 e. The van der Waals surface area contributed by atoms with Gasteiger partial charge < -0.3 is 9.47 Å². The maximum absolute atomic E-state index is 11.5. The van der Waals surface area contributed by atoms with Crippen LogP contribution in [0.2, 0.25) is 0 Å². The Balaban J connectivity index is 2.35. The van der Waals surface area contributed by atoms with Crippen LogP contribution in [0.15, 0.2) is 12.2 Å². The molecule has 14 heavy (non-hydrogen) atoms. The Labute approximate surface area is 94.8 Å². The van der Waals surface area contributed by atoms with E-state index in [4.69, 9.17) is 4.74 Å². The van der Waals surface area contributed by atoms with Crippen LogP contribution in [0.1, 0.15) is 6.42 Å². The van der Waals surface area contributed by atoms with Crippen molar-refractivity contribution in [3.05, 3.63) is 12.2 Å². The summed E-state index contributed by atoms with van der Waals surface area (Å²) in [5.41, 5.74) is 0. The molecule has 0 radical (unpaired) electrons. The second kappa shape index (κ2) is 3.22. The minimum atomic E-state index is -0.862. The number of alkyl halides is 1. The van der Waals surface area contributed by atoms with Crippen LogP contribution in [-0.4, -0.2) is 28.6 Å². The van der Waals surface area contributed by atoms with Crippen LogP contribution in [0.25, 0.3) is 0 Å². The molecule has 3 rings (SSSR count). The normalized spacial score (nSPS) is 39.4. The van der Waals surface area contributed by atoms with E-state index in [1.165, 1.54) is 7.11 Å². The van der Waals surface area contributed by atoms with E-state index in [0.717, 1.165) is 0 Å². The number of fused-ring (bicyclic) bond motifs is 2. The predicted molar refractivity (Wildman–Crippen MR) is 55.9 cm³/mol. The highest BCUT2D eigenvalue weighted by molar-refractivity contribution is 14.1. The van der Waals surface area contributed by atoms with Crippen molar-refractivity contribution in [3.8, 4) is 0 Å². The molecule has 0 aromatic rings. The van der Waals surface area contributed by atoms with E-state index in [0.29, 0.717) is 6.42 Å². The van der Waals surface area contributed by atoms with Gasteiger partial charge in [0.2, 0.25) is 0 Å². The Bertz CT molecular complexity index is 325. The molecule has 2 bridgehead atoms. The minimum Gasteiger partial charge on any atom is -0.469 e. The second-order valence-electron chi connectivity index (χ2n) is 3.38. The van der Waals surface area contributed by atoms with Gasteiger partial charge in [-0.3, -0.25) is 9.59 Å². The first-order valence-electron chi connectivity index (χ1n) is 4.25. The minimum absolute atomic E-state index is 0.261. The largest absolute Gasteiger partial charge is 0.469 e. The predicted octanol–water partition coefficient (Wildman–Crippen LogP) is 0.835. The van der Waals surface area contributed by atoms with Gasteiger partial charge in [0.15, 0.2) is 3.42 Å². The third-order valence-corrected chi connectivity index (χ3v) is 4.14. The van der Waals surface area contributed by atoms with Crippen LogP contribution in [0.3, 0.4) is 0 Å². The molecular formula is C9H9IO4. The molecular weight excluding hydrogens is 299 g/mol. The Morgan fingerprint density at radius 1 is 1.79 bits per heavy atom. The van der Waals surface area contributed by atoms with Crippen LogP contribution in [0, 0.1) is 5.92 Å². The van der Waals surface area contributed by atoms with Crippen molar-refractivity contribution < 1.29 is 19.1 Å². The summed E-state index contributed by atoms with van der Waals surface area (Å²) in [6.45, 7) is 0. The molecule has 1 fully saturated rings. The van der Waals surface area contributed by atoms with Gasteiger partial charge in [-0.2, -0.15) is 0 Å². The lowest BCUT2D eigenvalue weighted by Crippen LogP contribution is -2.53. The van der Waals surface area contributed by atoms with Crippen molar-refractivity contribution in [2.75, 3.05) is 7.11 Å².